The van der Waals surface area contributed by atoms with Crippen molar-refractivity contribution in [2.45, 2.75) is 59.8 Å². The van der Waals surface area contributed by atoms with Gasteiger partial charge >= 0.3 is 5.97 Å². The Balaban J connectivity index is 4.18. The van der Waals surface area contributed by atoms with Crippen LogP contribution in [0.3, 0.4) is 0 Å². The van der Waals surface area contributed by atoms with Crippen LogP contribution in [-0.2, 0) is 14.3 Å². The summed E-state index contributed by atoms with van der Waals surface area (Å²) in [5.74, 6) is -0.119. The lowest BCUT2D eigenvalue weighted by molar-refractivity contribution is -0.144. The Labute approximate surface area is 117 Å². The Kier molecular flexibility index (Phi) is 10.2. The van der Waals surface area contributed by atoms with E-state index in [0.717, 1.165) is 19.4 Å². The molecule has 0 radical (unpaired) electrons. The summed E-state index contributed by atoms with van der Waals surface area (Å²) in [5.41, 5.74) is 0. The van der Waals surface area contributed by atoms with Crippen molar-refractivity contribution in [2.75, 3.05) is 19.7 Å². The van der Waals surface area contributed by atoms with Crippen LogP contribution in [0.5, 0.6) is 0 Å². The fraction of sp³-hybridized carbons (Fsp3) is 0.867. The maximum absolute atomic E-state index is 12.1. The van der Waals surface area contributed by atoms with Gasteiger partial charge in [-0.15, -0.1) is 0 Å². The molecule has 0 N–H and O–H groups in total. The zero-order valence-corrected chi connectivity index (χ0v) is 12.9. The van der Waals surface area contributed by atoms with Crippen LogP contribution in [0.1, 0.15) is 59.8 Å². The molecule has 0 aliphatic rings. The largest absolute Gasteiger partial charge is 0.466 e. The Morgan fingerprint density at radius 2 is 1.74 bits per heavy atom. The second-order valence-electron chi connectivity index (χ2n) is 5.10. The number of ether oxygens (including phenoxy) is 1. The summed E-state index contributed by atoms with van der Waals surface area (Å²) in [5, 5.41) is 0. The monoisotopic (exact) mass is 271 g/mol. The van der Waals surface area contributed by atoms with Gasteiger partial charge in [0.05, 0.1) is 13.0 Å². The van der Waals surface area contributed by atoms with E-state index in [0.29, 0.717) is 19.6 Å². The van der Waals surface area contributed by atoms with E-state index in [-0.39, 0.29) is 17.8 Å². The first-order chi connectivity index (χ1) is 9.02. The fourth-order valence-corrected chi connectivity index (χ4v) is 1.89. The van der Waals surface area contributed by atoms with Crippen molar-refractivity contribution in [1.29, 1.82) is 0 Å². The summed E-state index contributed by atoms with van der Waals surface area (Å²) in [6.45, 7) is 9.36. The van der Waals surface area contributed by atoms with Crippen molar-refractivity contribution in [3.05, 3.63) is 0 Å². The molecule has 0 saturated carbocycles. The molecule has 0 unspecified atom stereocenters. The van der Waals surface area contributed by atoms with E-state index < -0.39 is 0 Å². The highest BCUT2D eigenvalue weighted by Crippen LogP contribution is 2.07. The first kappa shape index (κ1) is 17.9. The van der Waals surface area contributed by atoms with E-state index in [1.165, 1.54) is 12.8 Å². The minimum Gasteiger partial charge on any atom is -0.466 e. The molecular formula is C15H29NO3. The third kappa shape index (κ3) is 8.62. The predicted octanol–water partition coefficient (Wildman–Crippen LogP) is 3.00. The molecule has 0 heterocycles. The molecule has 0 aliphatic heterocycles. The zero-order chi connectivity index (χ0) is 14.7. The smallest absolute Gasteiger partial charge is 0.307 e. The molecule has 0 spiro atoms. The molecular weight excluding hydrogens is 242 g/mol. The second kappa shape index (κ2) is 10.8. The maximum Gasteiger partial charge on any atom is 0.307 e. The van der Waals surface area contributed by atoms with Gasteiger partial charge in [-0.25, -0.2) is 0 Å². The topological polar surface area (TPSA) is 46.6 Å². The summed E-state index contributed by atoms with van der Waals surface area (Å²) >= 11 is 0. The minimum atomic E-state index is -0.224. The van der Waals surface area contributed by atoms with Crippen LogP contribution in [0.15, 0.2) is 0 Å². The first-order valence-corrected chi connectivity index (χ1v) is 7.47. The Morgan fingerprint density at radius 3 is 2.26 bits per heavy atom. The molecule has 4 heteroatoms. The van der Waals surface area contributed by atoms with E-state index >= 15 is 0 Å². The van der Waals surface area contributed by atoms with Crippen LogP contribution < -0.4 is 0 Å². The quantitative estimate of drug-likeness (QED) is 0.453. The fourth-order valence-electron chi connectivity index (χ4n) is 1.89. The summed E-state index contributed by atoms with van der Waals surface area (Å²) in [7, 11) is 0. The van der Waals surface area contributed by atoms with Crippen LogP contribution in [0.4, 0.5) is 0 Å². The lowest BCUT2D eigenvalue weighted by Crippen LogP contribution is -2.36. The summed E-state index contributed by atoms with van der Waals surface area (Å²) < 4.78 is 4.90. The molecule has 0 bridgehead atoms. The molecule has 0 rings (SSSR count). The predicted molar refractivity (Wildman–Crippen MR) is 76.8 cm³/mol. The van der Waals surface area contributed by atoms with Crippen LogP contribution >= 0.6 is 0 Å². The minimum absolute atomic E-state index is 0.0200. The average Bonchev–Trinajstić information content (AvgIpc) is 2.37. The highest BCUT2D eigenvalue weighted by atomic mass is 16.5. The lowest BCUT2D eigenvalue weighted by Gasteiger charge is -2.24. The van der Waals surface area contributed by atoms with Crippen molar-refractivity contribution < 1.29 is 14.3 Å². The van der Waals surface area contributed by atoms with Crippen LogP contribution in [-0.4, -0.2) is 36.5 Å². The van der Waals surface area contributed by atoms with E-state index in [4.69, 9.17) is 4.74 Å². The lowest BCUT2D eigenvalue weighted by atomic mass is 10.1. The molecule has 19 heavy (non-hydrogen) atoms. The highest BCUT2D eigenvalue weighted by molar-refractivity contribution is 5.79. The summed E-state index contributed by atoms with van der Waals surface area (Å²) in [4.78, 5) is 25.2. The molecule has 0 aromatic heterocycles. The van der Waals surface area contributed by atoms with E-state index in [2.05, 4.69) is 6.92 Å². The number of carbonyl (C=O) groups excluding carboxylic acids is 2. The normalized spacial score (nSPS) is 10.6. The van der Waals surface area contributed by atoms with Gasteiger partial charge in [0.2, 0.25) is 5.91 Å². The highest BCUT2D eigenvalue weighted by Gasteiger charge is 2.17. The van der Waals surface area contributed by atoms with Crippen molar-refractivity contribution >= 4 is 11.9 Å². The Morgan fingerprint density at radius 1 is 1.05 bits per heavy atom. The molecule has 112 valence electrons. The standard InChI is InChI=1S/C15H29NO3/c1-5-7-8-9-11-16(15(18)13(3)4)12-10-14(17)19-6-2/h13H,5-12H2,1-4H3. The number of carbonyl (C=O) groups is 2. The second-order valence-corrected chi connectivity index (χ2v) is 5.10. The van der Waals surface area contributed by atoms with Gasteiger partial charge in [0.15, 0.2) is 0 Å². The maximum atomic E-state index is 12.1. The van der Waals surface area contributed by atoms with Gasteiger partial charge in [-0.05, 0) is 13.3 Å². The Bertz CT molecular complexity index is 264. The molecule has 4 nitrogen and oxygen atoms in total. The molecule has 0 aromatic carbocycles. The van der Waals surface area contributed by atoms with Crippen LogP contribution in [0.25, 0.3) is 0 Å². The van der Waals surface area contributed by atoms with Gasteiger partial charge in [0, 0.05) is 19.0 Å². The molecule has 0 atom stereocenters. The SMILES string of the molecule is CCCCCCN(CCC(=O)OCC)C(=O)C(C)C. The van der Waals surface area contributed by atoms with E-state index in [9.17, 15) is 9.59 Å². The molecule has 0 aromatic rings. The molecule has 0 fully saturated rings. The summed E-state index contributed by atoms with van der Waals surface area (Å²) in [6, 6.07) is 0. The van der Waals surface area contributed by atoms with Crippen LogP contribution in [0, 0.1) is 5.92 Å². The van der Waals surface area contributed by atoms with Crippen molar-refractivity contribution in [3.63, 3.8) is 0 Å². The molecule has 0 aliphatic carbocycles. The van der Waals surface area contributed by atoms with Gasteiger partial charge in [0.1, 0.15) is 0 Å². The van der Waals surface area contributed by atoms with Crippen molar-refractivity contribution in [3.8, 4) is 0 Å². The number of hydrogen-bond donors (Lipinski definition) is 0. The summed E-state index contributed by atoms with van der Waals surface area (Å²) in [6.07, 6.45) is 4.82. The van der Waals surface area contributed by atoms with Gasteiger partial charge in [-0.3, -0.25) is 9.59 Å². The number of unbranched alkanes of at least 4 members (excludes halogenated alkanes) is 3. The van der Waals surface area contributed by atoms with Gasteiger partial charge in [0.25, 0.3) is 0 Å². The van der Waals surface area contributed by atoms with Crippen molar-refractivity contribution in [1.82, 2.24) is 4.90 Å². The Hall–Kier alpha value is -1.06. The molecule has 0 saturated heterocycles. The van der Waals surface area contributed by atoms with Gasteiger partial charge < -0.3 is 9.64 Å². The number of hydrogen-bond acceptors (Lipinski definition) is 3. The van der Waals surface area contributed by atoms with Gasteiger partial charge in [-0.1, -0.05) is 40.0 Å². The molecule has 1 amide bonds. The average molecular weight is 271 g/mol. The third-order valence-electron chi connectivity index (χ3n) is 2.98. The van der Waals surface area contributed by atoms with Gasteiger partial charge in [-0.2, -0.15) is 0 Å². The number of esters is 1. The zero-order valence-electron chi connectivity index (χ0n) is 12.9. The van der Waals surface area contributed by atoms with E-state index in [1.807, 2.05) is 13.8 Å². The first-order valence-electron chi connectivity index (χ1n) is 7.47. The van der Waals surface area contributed by atoms with Crippen molar-refractivity contribution in [2.24, 2.45) is 5.92 Å². The number of amides is 1. The van der Waals surface area contributed by atoms with Crippen LogP contribution in [0.2, 0.25) is 0 Å². The van der Waals surface area contributed by atoms with E-state index in [1.54, 1.807) is 11.8 Å². The number of rotatable bonds is 10. The number of nitrogens with zero attached hydrogens (tertiary/aromatic N) is 1. The third-order valence-corrected chi connectivity index (χ3v) is 2.98.